The number of ketones is 1. The highest BCUT2D eigenvalue weighted by molar-refractivity contribution is 5.96. The number of hydrogen-bond acceptors (Lipinski definition) is 7. The van der Waals surface area contributed by atoms with Crippen LogP contribution in [0.25, 0.3) is 11.1 Å². The second-order valence-electron chi connectivity index (χ2n) is 9.08. The van der Waals surface area contributed by atoms with Crippen LogP contribution in [0.15, 0.2) is 22.6 Å². The zero-order valence-electron chi connectivity index (χ0n) is 19.1. The number of alkyl halides is 3. The van der Waals surface area contributed by atoms with Gasteiger partial charge < -0.3 is 20.8 Å². The van der Waals surface area contributed by atoms with Crippen LogP contribution in [-0.2, 0) is 19.1 Å². The summed E-state index contributed by atoms with van der Waals surface area (Å²) in [5.74, 6) is -4.38. The Morgan fingerprint density at radius 2 is 1.97 bits per heavy atom. The van der Waals surface area contributed by atoms with E-state index in [1.807, 2.05) is 0 Å². The van der Waals surface area contributed by atoms with Gasteiger partial charge in [-0.05, 0) is 36.8 Å². The van der Waals surface area contributed by atoms with Crippen molar-refractivity contribution in [3.05, 3.63) is 29.7 Å². The molecule has 1 saturated heterocycles. The van der Waals surface area contributed by atoms with E-state index in [0.717, 1.165) is 12.8 Å². The van der Waals surface area contributed by atoms with Crippen LogP contribution >= 0.6 is 0 Å². The highest BCUT2D eigenvalue weighted by atomic mass is 19.4. The summed E-state index contributed by atoms with van der Waals surface area (Å²) in [5, 5.41) is 5.17. The molecule has 0 spiro atoms. The predicted molar refractivity (Wildman–Crippen MR) is 117 cm³/mol. The molecular formula is C23H25F3N4O6. The van der Waals surface area contributed by atoms with E-state index in [2.05, 4.69) is 20.4 Å². The number of nitrogens with zero attached hydrogens (tertiary/aromatic N) is 1. The van der Waals surface area contributed by atoms with Crippen molar-refractivity contribution < 1.29 is 41.5 Å². The summed E-state index contributed by atoms with van der Waals surface area (Å²) >= 11 is 0. The molecule has 1 aromatic heterocycles. The molecule has 2 heterocycles. The van der Waals surface area contributed by atoms with E-state index in [9.17, 15) is 32.3 Å². The standard InChI is InChI=1S/C23H25F3N4O6/c24-23(25,26)35-10-16(31)15(9-12-6-7-28-20(12)33)29-21(34)14(8-11-4-5-11)13-2-1-3-17-18(13)30-22(36-17)19(27)32/h1-3,11-12,14-15H,4-10H2,(H2,27,32)(H,28,33)(H,29,34)/t12-,14-,15-/m0/s1. The summed E-state index contributed by atoms with van der Waals surface area (Å²) in [5.41, 5.74) is 6.19. The average Bonchev–Trinajstić information content (AvgIpc) is 3.37. The lowest BCUT2D eigenvalue weighted by atomic mass is 9.90. The number of halogens is 3. The first-order valence-corrected chi connectivity index (χ1v) is 11.5. The maximum Gasteiger partial charge on any atom is 0.522 e. The summed E-state index contributed by atoms with van der Waals surface area (Å²) in [6, 6.07) is 3.44. The molecule has 3 amide bonds. The lowest BCUT2D eigenvalue weighted by Crippen LogP contribution is -2.46. The number of aromatic nitrogens is 1. The van der Waals surface area contributed by atoms with Crippen LogP contribution in [0.3, 0.4) is 0 Å². The van der Waals surface area contributed by atoms with Crippen molar-refractivity contribution in [1.29, 1.82) is 0 Å². The molecule has 0 unspecified atom stereocenters. The lowest BCUT2D eigenvalue weighted by Gasteiger charge is -2.24. The van der Waals surface area contributed by atoms with E-state index in [0.29, 0.717) is 24.9 Å². The number of fused-ring (bicyclic) bond motifs is 1. The smallest absolute Gasteiger partial charge is 0.432 e. The Kier molecular flexibility index (Phi) is 7.29. The molecule has 4 rings (SSSR count). The molecule has 4 N–H and O–H groups in total. The van der Waals surface area contributed by atoms with E-state index >= 15 is 0 Å². The third-order valence-corrected chi connectivity index (χ3v) is 6.39. The van der Waals surface area contributed by atoms with E-state index < -0.39 is 48.4 Å². The van der Waals surface area contributed by atoms with Gasteiger partial charge in [0.1, 0.15) is 12.1 Å². The largest absolute Gasteiger partial charge is 0.522 e. The van der Waals surface area contributed by atoms with Gasteiger partial charge in [-0.3, -0.25) is 23.9 Å². The maximum atomic E-state index is 13.5. The van der Waals surface area contributed by atoms with Crippen LogP contribution in [0.2, 0.25) is 0 Å². The maximum absolute atomic E-state index is 13.5. The minimum absolute atomic E-state index is 0.159. The van der Waals surface area contributed by atoms with Gasteiger partial charge >= 0.3 is 12.3 Å². The van der Waals surface area contributed by atoms with Crippen LogP contribution in [-0.4, -0.2) is 54.0 Å². The van der Waals surface area contributed by atoms with E-state index in [1.165, 1.54) is 0 Å². The first kappa shape index (κ1) is 25.6. The molecule has 0 radical (unpaired) electrons. The van der Waals surface area contributed by atoms with Gasteiger partial charge in [0.05, 0.1) is 12.0 Å². The molecule has 2 aromatic rings. The van der Waals surface area contributed by atoms with Gasteiger partial charge in [0.2, 0.25) is 11.8 Å². The number of Topliss-reactive ketones (excluding diaryl/α,β-unsaturated/α-hetero) is 1. The number of primary amides is 1. The van der Waals surface area contributed by atoms with Crippen LogP contribution < -0.4 is 16.4 Å². The number of carbonyl (C=O) groups excluding carboxylic acids is 4. The Bertz CT molecular complexity index is 1180. The van der Waals surface area contributed by atoms with Gasteiger partial charge in [-0.25, -0.2) is 4.98 Å². The number of ether oxygens (including phenoxy) is 1. The monoisotopic (exact) mass is 510 g/mol. The van der Waals surface area contributed by atoms with Gasteiger partial charge in [0.25, 0.3) is 5.89 Å². The normalized spacial score (nSPS) is 19.6. The quantitative estimate of drug-likeness (QED) is 0.417. The molecule has 1 aliphatic carbocycles. The Morgan fingerprint density at radius 3 is 2.58 bits per heavy atom. The Balaban J connectivity index is 1.60. The SMILES string of the molecule is NC(=O)c1nc2c([C@H](CC3CC3)C(=O)N[C@@H](C[C@@H]3CCNC3=O)C(=O)COC(F)(F)F)cccc2o1. The molecule has 2 aliphatic rings. The summed E-state index contributed by atoms with van der Waals surface area (Å²) in [6.07, 6.45) is -2.60. The number of amides is 3. The number of benzene rings is 1. The van der Waals surface area contributed by atoms with Gasteiger partial charge in [0.15, 0.2) is 11.4 Å². The first-order valence-electron chi connectivity index (χ1n) is 11.5. The summed E-state index contributed by atoms with van der Waals surface area (Å²) in [7, 11) is 0. The topological polar surface area (TPSA) is 154 Å². The Morgan fingerprint density at radius 1 is 1.22 bits per heavy atom. The zero-order valence-corrected chi connectivity index (χ0v) is 19.1. The Labute approximate surface area is 203 Å². The van der Waals surface area contributed by atoms with Crippen LogP contribution in [0.5, 0.6) is 0 Å². The van der Waals surface area contributed by atoms with E-state index in [-0.39, 0.29) is 35.2 Å². The van der Waals surface area contributed by atoms with Crippen molar-refractivity contribution in [3.8, 4) is 0 Å². The molecule has 3 atom stereocenters. The minimum atomic E-state index is -5.02. The molecule has 1 saturated carbocycles. The van der Waals surface area contributed by atoms with Crippen LogP contribution in [0.1, 0.15) is 54.3 Å². The lowest BCUT2D eigenvalue weighted by molar-refractivity contribution is -0.321. The van der Waals surface area contributed by atoms with Gasteiger partial charge in [-0.15, -0.1) is 13.2 Å². The Hall–Kier alpha value is -3.48. The third kappa shape index (κ3) is 6.20. The van der Waals surface area contributed by atoms with Crippen LogP contribution in [0, 0.1) is 11.8 Å². The number of oxazole rings is 1. The van der Waals surface area contributed by atoms with Crippen molar-refractivity contribution in [3.63, 3.8) is 0 Å². The van der Waals surface area contributed by atoms with Gasteiger partial charge in [-0.2, -0.15) is 0 Å². The molecule has 1 aromatic carbocycles. The molecule has 1 aliphatic heterocycles. The highest BCUT2D eigenvalue weighted by Gasteiger charge is 2.38. The fourth-order valence-electron chi connectivity index (χ4n) is 4.37. The van der Waals surface area contributed by atoms with Crippen LogP contribution in [0.4, 0.5) is 13.2 Å². The molecule has 2 fully saturated rings. The number of rotatable bonds is 11. The van der Waals surface area contributed by atoms with E-state index in [4.69, 9.17) is 10.2 Å². The van der Waals surface area contributed by atoms with Crippen molar-refractivity contribution in [2.75, 3.05) is 13.2 Å². The van der Waals surface area contributed by atoms with Crippen molar-refractivity contribution >= 4 is 34.6 Å². The summed E-state index contributed by atoms with van der Waals surface area (Å²) < 4.78 is 46.7. The predicted octanol–water partition coefficient (Wildman–Crippen LogP) is 1.93. The minimum Gasteiger partial charge on any atom is -0.432 e. The number of nitrogens with one attached hydrogen (secondary N) is 2. The average molecular weight is 510 g/mol. The van der Waals surface area contributed by atoms with Gasteiger partial charge in [-0.1, -0.05) is 25.0 Å². The zero-order chi connectivity index (χ0) is 26.0. The van der Waals surface area contributed by atoms with Crippen molar-refractivity contribution in [2.24, 2.45) is 17.6 Å². The van der Waals surface area contributed by atoms with Crippen molar-refractivity contribution in [1.82, 2.24) is 15.6 Å². The molecule has 13 heteroatoms. The number of para-hydroxylation sites is 1. The molecule has 194 valence electrons. The fraction of sp³-hybridized carbons (Fsp3) is 0.522. The van der Waals surface area contributed by atoms with Gasteiger partial charge in [0, 0.05) is 12.5 Å². The molecule has 36 heavy (non-hydrogen) atoms. The molecule has 10 nitrogen and oxygen atoms in total. The second-order valence-corrected chi connectivity index (χ2v) is 9.08. The number of carbonyl (C=O) groups is 4. The molecule has 0 bridgehead atoms. The van der Waals surface area contributed by atoms with E-state index in [1.54, 1.807) is 18.2 Å². The third-order valence-electron chi connectivity index (χ3n) is 6.39. The summed E-state index contributed by atoms with van der Waals surface area (Å²) in [6.45, 7) is -0.922. The molecular weight excluding hydrogens is 485 g/mol. The second kappa shape index (κ2) is 10.2. The fourth-order valence-corrected chi connectivity index (χ4v) is 4.37. The number of nitrogens with two attached hydrogens (primary N) is 1. The highest BCUT2D eigenvalue weighted by Crippen LogP contribution is 2.40. The van der Waals surface area contributed by atoms with Crippen molar-refractivity contribution in [2.45, 2.75) is 50.4 Å². The number of hydrogen-bond donors (Lipinski definition) is 3. The first-order chi connectivity index (χ1) is 17.0. The summed E-state index contributed by atoms with van der Waals surface area (Å²) in [4.78, 5) is 53.8.